The summed E-state index contributed by atoms with van der Waals surface area (Å²) in [5, 5.41) is 3.84. The third-order valence-electron chi connectivity index (χ3n) is 4.70. The van der Waals surface area contributed by atoms with Gasteiger partial charge in [-0.05, 0) is 44.4 Å². The molecule has 0 saturated carbocycles. The summed E-state index contributed by atoms with van der Waals surface area (Å²) in [5.41, 5.74) is 0.976. The minimum absolute atomic E-state index is 0.0636. The number of hydrogen-bond acceptors (Lipinski definition) is 5. The van der Waals surface area contributed by atoms with Crippen LogP contribution in [0.1, 0.15) is 58.3 Å². The second kappa shape index (κ2) is 10.3. The van der Waals surface area contributed by atoms with Crippen LogP contribution < -0.4 is 10.2 Å². The summed E-state index contributed by atoms with van der Waals surface area (Å²) in [7, 11) is 0. The third kappa shape index (κ3) is 6.57. The Bertz CT molecular complexity index is 719. The number of anilines is 1. The molecule has 0 spiro atoms. The lowest BCUT2D eigenvalue weighted by Crippen LogP contribution is -2.38. The molecule has 1 heterocycles. The molecule has 0 bridgehead atoms. The van der Waals surface area contributed by atoms with Crippen molar-refractivity contribution < 1.29 is 9.18 Å². The van der Waals surface area contributed by atoms with Crippen LogP contribution in [0.15, 0.2) is 24.3 Å². The minimum Gasteiger partial charge on any atom is -0.354 e. The molecule has 0 fully saturated rings. The topological polar surface area (TPSA) is 58.1 Å². The van der Waals surface area contributed by atoms with Crippen molar-refractivity contribution in [3.05, 3.63) is 41.5 Å². The molecule has 5 nitrogen and oxygen atoms in total. The zero-order chi connectivity index (χ0) is 19.8. The molecule has 0 aliphatic rings. The zero-order valence-electron chi connectivity index (χ0n) is 16.5. The van der Waals surface area contributed by atoms with E-state index >= 15 is 0 Å². The van der Waals surface area contributed by atoms with Crippen molar-refractivity contribution in [3.8, 4) is 0 Å². The molecule has 0 aliphatic heterocycles. The molecule has 148 valence electrons. The van der Waals surface area contributed by atoms with E-state index in [1.165, 1.54) is 23.7 Å². The summed E-state index contributed by atoms with van der Waals surface area (Å²) in [6.45, 7) is 8.94. The van der Waals surface area contributed by atoms with Crippen LogP contribution in [0, 0.1) is 5.82 Å². The average molecular weight is 393 g/mol. The van der Waals surface area contributed by atoms with Gasteiger partial charge in [0.15, 0.2) is 0 Å². The van der Waals surface area contributed by atoms with Crippen LogP contribution in [-0.2, 0) is 11.2 Å². The van der Waals surface area contributed by atoms with E-state index in [0.29, 0.717) is 19.4 Å². The van der Waals surface area contributed by atoms with Crippen molar-refractivity contribution in [2.45, 2.75) is 65.5 Å². The predicted molar refractivity (Wildman–Crippen MR) is 109 cm³/mol. The summed E-state index contributed by atoms with van der Waals surface area (Å²) in [6, 6.07) is 6.86. The maximum absolute atomic E-state index is 13.0. The van der Waals surface area contributed by atoms with Gasteiger partial charge in [-0.1, -0.05) is 26.0 Å². The number of carbonyl (C=O) groups is 1. The van der Waals surface area contributed by atoms with E-state index in [0.717, 1.165) is 29.4 Å². The van der Waals surface area contributed by atoms with Crippen molar-refractivity contribution in [3.63, 3.8) is 0 Å². The SMILES string of the molecule is CC[C@H](C)NC(=O)CCN(c1nc(Cc2ccc(F)cc2)ns1)[C@@H](C)CC. The van der Waals surface area contributed by atoms with Crippen molar-refractivity contribution in [1.82, 2.24) is 14.7 Å². The fraction of sp³-hybridized carbons (Fsp3) is 0.550. The van der Waals surface area contributed by atoms with Gasteiger partial charge < -0.3 is 10.2 Å². The second-order valence-electron chi connectivity index (χ2n) is 6.87. The van der Waals surface area contributed by atoms with Crippen LogP contribution in [0.2, 0.25) is 0 Å². The van der Waals surface area contributed by atoms with Gasteiger partial charge in [0.25, 0.3) is 0 Å². The number of nitrogens with one attached hydrogen (secondary N) is 1. The number of nitrogens with zero attached hydrogens (tertiary/aromatic N) is 3. The van der Waals surface area contributed by atoms with Gasteiger partial charge in [0.2, 0.25) is 11.0 Å². The van der Waals surface area contributed by atoms with E-state index in [4.69, 9.17) is 0 Å². The summed E-state index contributed by atoms with van der Waals surface area (Å²) in [5.74, 6) is 0.539. The number of amides is 1. The highest BCUT2D eigenvalue weighted by Gasteiger charge is 2.19. The molecule has 7 heteroatoms. The molecule has 2 atom stereocenters. The number of benzene rings is 1. The van der Waals surface area contributed by atoms with Gasteiger partial charge >= 0.3 is 0 Å². The Hall–Kier alpha value is -2.02. The maximum atomic E-state index is 13.0. The first-order valence-corrected chi connectivity index (χ1v) is 10.3. The fourth-order valence-electron chi connectivity index (χ4n) is 2.61. The van der Waals surface area contributed by atoms with Crippen molar-refractivity contribution in [1.29, 1.82) is 0 Å². The smallest absolute Gasteiger partial charge is 0.221 e. The Kier molecular flexibility index (Phi) is 8.16. The van der Waals surface area contributed by atoms with Gasteiger partial charge in [-0.15, -0.1) is 0 Å². The maximum Gasteiger partial charge on any atom is 0.221 e. The molecule has 1 amide bonds. The molecule has 2 aromatic rings. The van der Waals surface area contributed by atoms with Crippen molar-refractivity contribution in [2.75, 3.05) is 11.4 Å². The highest BCUT2D eigenvalue weighted by Crippen LogP contribution is 2.22. The molecule has 0 unspecified atom stereocenters. The monoisotopic (exact) mass is 392 g/mol. The summed E-state index contributed by atoms with van der Waals surface area (Å²) >= 11 is 1.35. The molecular weight excluding hydrogens is 363 g/mol. The van der Waals surface area contributed by atoms with E-state index in [1.807, 2.05) is 6.92 Å². The molecule has 27 heavy (non-hydrogen) atoms. The minimum atomic E-state index is -0.246. The van der Waals surface area contributed by atoms with Crippen LogP contribution in [0.3, 0.4) is 0 Å². The lowest BCUT2D eigenvalue weighted by atomic mass is 10.1. The number of aromatic nitrogens is 2. The number of halogens is 1. The highest BCUT2D eigenvalue weighted by molar-refractivity contribution is 7.09. The Morgan fingerprint density at radius 2 is 1.93 bits per heavy atom. The van der Waals surface area contributed by atoms with E-state index in [-0.39, 0.29) is 23.8 Å². The quantitative estimate of drug-likeness (QED) is 0.659. The van der Waals surface area contributed by atoms with Gasteiger partial charge in [0.05, 0.1) is 0 Å². The number of rotatable bonds is 10. The van der Waals surface area contributed by atoms with Crippen LogP contribution in [-0.4, -0.2) is 33.9 Å². The third-order valence-corrected chi connectivity index (χ3v) is 5.49. The molecule has 0 radical (unpaired) electrons. The first-order valence-electron chi connectivity index (χ1n) is 9.55. The van der Waals surface area contributed by atoms with E-state index < -0.39 is 0 Å². The first-order chi connectivity index (χ1) is 12.9. The van der Waals surface area contributed by atoms with Gasteiger partial charge in [0.1, 0.15) is 11.6 Å². The standard InChI is InChI=1S/C20H29FN4OS/c1-5-14(3)22-19(26)11-12-25(15(4)6-2)20-23-18(24-27-20)13-16-7-9-17(21)10-8-16/h7-10,14-15H,5-6,11-13H2,1-4H3,(H,22,26)/t14-,15-/m0/s1. The zero-order valence-corrected chi connectivity index (χ0v) is 17.4. The molecule has 1 N–H and O–H groups in total. The summed E-state index contributed by atoms with van der Waals surface area (Å²) in [6.07, 6.45) is 2.88. The van der Waals surface area contributed by atoms with E-state index in [1.54, 1.807) is 12.1 Å². The number of carbonyl (C=O) groups excluding carboxylic acids is 1. The van der Waals surface area contributed by atoms with E-state index in [9.17, 15) is 9.18 Å². The lowest BCUT2D eigenvalue weighted by Gasteiger charge is -2.27. The molecular formula is C20H29FN4OS. The Balaban J connectivity index is 2.02. The van der Waals surface area contributed by atoms with Crippen LogP contribution in [0.4, 0.5) is 9.52 Å². The van der Waals surface area contributed by atoms with Gasteiger partial charge in [-0.2, -0.15) is 4.37 Å². The fourth-order valence-corrected chi connectivity index (χ4v) is 3.43. The Labute approximate surface area is 165 Å². The second-order valence-corrected chi connectivity index (χ2v) is 7.60. The molecule has 0 saturated heterocycles. The first kappa shape index (κ1) is 21.3. The molecule has 1 aromatic carbocycles. The van der Waals surface area contributed by atoms with Crippen molar-refractivity contribution >= 4 is 22.6 Å². The molecule has 0 aliphatic carbocycles. The van der Waals surface area contributed by atoms with Gasteiger partial charge in [0, 0.05) is 43.0 Å². The van der Waals surface area contributed by atoms with E-state index in [2.05, 4.69) is 40.3 Å². The molecule has 1 aromatic heterocycles. The van der Waals surface area contributed by atoms with Crippen LogP contribution >= 0.6 is 11.5 Å². The predicted octanol–water partition coefficient (Wildman–Crippen LogP) is 4.18. The normalized spacial score (nSPS) is 13.2. The Morgan fingerprint density at radius 3 is 2.56 bits per heavy atom. The van der Waals surface area contributed by atoms with Crippen molar-refractivity contribution in [2.24, 2.45) is 0 Å². The van der Waals surface area contributed by atoms with Crippen LogP contribution in [0.25, 0.3) is 0 Å². The largest absolute Gasteiger partial charge is 0.354 e. The summed E-state index contributed by atoms with van der Waals surface area (Å²) in [4.78, 5) is 18.9. The summed E-state index contributed by atoms with van der Waals surface area (Å²) < 4.78 is 17.5. The van der Waals surface area contributed by atoms with Crippen LogP contribution in [0.5, 0.6) is 0 Å². The average Bonchev–Trinajstić information content (AvgIpc) is 3.11. The van der Waals surface area contributed by atoms with Gasteiger partial charge in [-0.3, -0.25) is 4.79 Å². The Morgan fingerprint density at radius 1 is 1.22 bits per heavy atom. The number of hydrogen-bond donors (Lipinski definition) is 1. The lowest BCUT2D eigenvalue weighted by molar-refractivity contribution is -0.121. The highest BCUT2D eigenvalue weighted by atomic mass is 32.1. The molecule has 2 rings (SSSR count). The van der Waals surface area contributed by atoms with Gasteiger partial charge in [-0.25, -0.2) is 9.37 Å².